The maximum absolute atomic E-state index is 12.2. The molecular formula is C15H23ClN2O3. The van der Waals surface area contributed by atoms with Gasteiger partial charge in [0.25, 0.3) is 0 Å². The molecule has 1 amide bonds. The average Bonchev–Trinajstić information content (AvgIpc) is 2.46. The molecule has 1 aromatic carbocycles. The van der Waals surface area contributed by atoms with Crippen LogP contribution in [0.4, 0.5) is 0 Å². The lowest BCUT2D eigenvalue weighted by molar-refractivity contribution is -0.150. The molecule has 0 aromatic heterocycles. The summed E-state index contributed by atoms with van der Waals surface area (Å²) in [7, 11) is 1.33. The lowest BCUT2D eigenvalue weighted by atomic mass is 9.92. The van der Waals surface area contributed by atoms with Gasteiger partial charge in [-0.15, -0.1) is 12.4 Å². The van der Waals surface area contributed by atoms with Crippen LogP contribution in [0.15, 0.2) is 30.3 Å². The van der Waals surface area contributed by atoms with Crippen molar-refractivity contribution in [3.63, 3.8) is 0 Å². The van der Waals surface area contributed by atoms with Gasteiger partial charge in [0, 0.05) is 13.1 Å². The molecule has 1 rings (SSSR count). The van der Waals surface area contributed by atoms with Gasteiger partial charge in [0.2, 0.25) is 5.91 Å². The van der Waals surface area contributed by atoms with Crippen LogP contribution in [0.5, 0.6) is 0 Å². The Labute approximate surface area is 131 Å². The van der Waals surface area contributed by atoms with Crippen LogP contribution in [-0.4, -0.2) is 32.1 Å². The first-order valence-corrected chi connectivity index (χ1v) is 6.53. The van der Waals surface area contributed by atoms with Crippen molar-refractivity contribution >= 4 is 24.3 Å². The highest BCUT2D eigenvalue weighted by Crippen LogP contribution is 2.18. The molecule has 0 saturated carbocycles. The summed E-state index contributed by atoms with van der Waals surface area (Å²) in [5, 5.41) is 2.77. The Kier molecular flexibility index (Phi) is 7.99. The van der Waals surface area contributed by atoms with E-state index in [1.165, 1.54) is 7.11 Å². The van der Waals surface area contributed by atoms with E-state index in [9.17, 15) is 9.59 Å². The SMILES string of the molecule is COC(=O)C(C)(C)CNC(=O)C(CN)c1ccccc1.Cl. The van der Waals surface area contributed by atoms with E-state index in [1.807, 2.05) is 30.3 Å². The first-order chi connectivity index (χ1) is 9.42. The summed E-state index contributed by atoms with van der Waals surface area (Å²) < 4.78 is 4.70. The third-order valence-electron chi connectivity index (χ3n) is 3.20. The Balaban J connectivity index is 0.00000400. The lowest BCUT2D eigenvalue weighted by Crippen LogP contribution is -2.42. The van der Waals surface area contributed by atoms with E-state index < -0.39 is 11.3 Å². The van der Waals surface area contributed by atoms with Gasteiger partial charge in [-0.25, -0.2) is 0 Å². The van der Waals surface area contributed by atoms with Gasteiger partial charge in [-0.05, 0) is 19.4 Å². The summed E-state index contributed by atoms with van der Waals surface area (Å²) in [5.74, 6) is -0.956. The number of rotatable bonds is 6. The second-order valence-electron chi connectivity index (χ2n) is 5.29. The largest absolute Gasteiger partial charge is 0.469 e. The van der Waals surface area contributed by atoms with Crippen LogP contribution in [0.3, 0.4) is 0 Å². The molecule has 0 aliphatic carbocycles. The number of carbonyl (C=O) groups excluding carboxylic acids is 2. The second kappa shape index (κ2) is 8.64. The van der Waals surface area contributed by atoms with Gasteiger partial charge in [0.15, 0.2) is 0 Å². The summed E-state index contributed by atoms with van der Waals surface area (Å²) in [5.41, 5.74) is 5.78. The van der Waals surface area contributed by atoms with Crippen LogP contribution in [0, 0.1) is 5.41 Å². The van der Waals surface area contributed by atoms with E-state index in [0.29, 0.717) is 0 Å². The molecular weight excluding hydrogens is 292 g/mol. The van der Waals surface area contributed by atoms with Crippen molar-refractivity contribution in [1.82, 2.24) is 5.32 Å². The molecule has 0 fully saturated rings. The first-order valence-electron chi connectivity index (χ1n) is 6.53. The third kappa shape index (κ3) is 5.36. The van der Waals surface area contributed by atoms with Gasteiger partial charge >= 0.3 is 5.97 Å². The number of nitrogens with two attached hydrogens (primary N) is 1. The van der Waals surface area contributed by atoms with Gasteiger partial charge in [-0.3, -0.25) is 9.59 Å². The highest BCUT2D eigenvalue weighted by Gasteiger charge is 2.30. The van der Waals surface area contributed by atoms with Crippen LogP contribution in [0.1, 0.15) is 25.3 Å². The van der Waals surface area contributed by atoms with E-state index in [1.54, 1.807) is 13.8 Å². The fraction of sp³-hybridized carbons (Fsp3) is 0.467. The summed E-state index contributed by atoms with van der Waals surface area (Å²) in [6, 6.07) is 9.34. The molecule has 0 aliphatic rings. The van der Waals surface area contributed by atoms with Crippen molar-refractivity contribution in [2.24, 2.45) is 11.1 Å². The Morgan fingerprint density at radius 1 is 1.29 bits per heavy atom. The van der Waals surface area contributed by atoms with Crippen molar-refractivity contribution in [1.29, 1.82) is 0 Å². The zero-order valence-corrected chi connectivity index (χ0v) is 13.4. The van der Waals surface area contributed by atoms with Gasteiger partial charge in [-0.2, -0.15) is 0 Å². The molecule has 21 heavy (non-hydrogen) atoms. The molecule has 0 radical (unpaired) electrons. The molecule has 5 nitrogen and oxygen atoms in total. The van der Waals surface area contributed by atoms with Crippen LogP contribution in [0.2, 0.25) is 0 Å². The molecule has 1 atom stereocenters. The highest BCUT2D eigenvalue weighted by atomic mass is 35.5. The number of hydrogen-bond acceptors (Lipinski definition) is 4. The maximum Gasteiger partial charge on any atom is 0.313 e. The van der Waals surface area contributed by atoms with E-state index in [0.717, 1.165) is 5.56 Å². The van der Waals surface area contributed by atoms with E-state index >= 15 is 0 Å². The van der Waals surface area contributed by atoms with Gasteiger partial charge < -0.3 is 15.8 Å². The van der Waals surface area contributed by atoms with E-state index in [-0.39, 0.29) is 37.4 Å². The number of esters is 1. The molecule has 0 heterocycles. The quantitative estimate of drug-likeness (QED) is 0.779. The minimum Gasteiger partial charge on any atom is -0.469 e. The molecule has 0 bridgehead atoms. The van der Waals surface area contributed by atoms with Crippen molar-refractivity contribution in [2.45, 2.75) is 19.8 Å². The van der Waals surface area contributed by atoms with Gasteiger partial charge in [-0.1, -0.05) is 30.3 Å². The minimum atomic E-state index is -0.764. The van der Waals surface area contributed by atoms with E-state index in [4.69, 9.17) is 10.5 Å². The number of benzene rings is 1. The zero-order chi connectivity index (χ0) is 15.2. The smallest absolute Gasteiger partial charge is 0.313 e. The van der Waals surface area contributed by atoms with Crippen molar-refractivity contribution in [3.05, 3.63) is 35.9 Å². The van der Waals surface area contributed by atoms with Crippen LogP contribution < -0.4 is 11.1 Å². The number of amides is 1. The molecule has 0 spiro atoms. The third-order valence-corrected chi connectivity index (χ3v) is 3.20. The number of nitrogens with one attached hydrogen (secondary N) is 1. The fourth-order valence-electron chi connectivity index (χ4n) is 1.86. The Hall–Kier alpha value is -1.59. The number of hydrogen-bond donors (Lipinski definition) is 2. The topological polar surface area (TPSA) is 81.4 Å². The van der Waals surface area contributed by atoms with Crippen molar-refractivity contribution in [3.8, 4) is 0 Å². The summed E-state index contributed by atoms with van der Waals surface area (Å²) in [4.78, 5) is 23.7. The molecule has 1 unspecified atom stereocenters. The molecule has 0 aliphatic heterocycles. The average molecular weight is 315 g/mol. The Morgan fingerprint density at radius 2 is 1.86 bits per heavy atom. The molecule has 118 valence electrons. The van der Waals surface area contributed by atoms with Crippen LogP contribution >= 0.6 is 12.4 Å². The second-order valence-corrected chi connectivity index (χ2v) is 5.29. The normalized spacial score (nSPS) is 12.0. The van der Waals surface area contributed by atoms with E-state index in [2.05, 4.69) is 5.32 Å². The molecule has 3 N–H and O–H groups in total. The summed E-state index contributed by atoms with van der Waals surface area (Å²) in [6.45, 7) is 3.87. The molecule has 0 saturated heterocycles. The van der Waals surface area contributed by atoms with Gasteiger partial charge in [0.05, 0.1) is 18.4 Å². The predicted octanol–water partition coefficient (Wildman–Crippen LogP) is 1.47. The molecule has 1 aromatic rings. The molecule has 6 heteroatoms. The van der Waals surface area contributed by atoms with Crippen molar-refractivity contribution in [2.75, 3.05) is 20.2 Å². The number of halogens is 1. The fourth-order valence-corrected chi connectivity index (χ4v) is 1.86. The summed E-state index contributed by atoms with van der Waals surface area (Å²) in [6.07, 6.45) is 0. The zero-order valence-electron chi connectivity index (χ0n) is 12.6. The number of ether oxygens (including phenoxy) is 1. The predicted molar refractivity (Wildman–Crippen MR) is 84.3 cm³/mol. The van der Waals surface area contributed by atoms with Crippen molar-refractivity contribution < 1.29 is 14.3 Å². The Bertz CT molecular complexity index is 463. The lowest BCUT2D eigenvalue weighted by Gasteiger charge is -2.23. The summed E-state index contributed by atoms with van der Waals surface area (Å²) >= 11 is 0. The minimum absolute atomic E-state index is 0. The Morgan fingerprint density at radius 3 is 2.33 bits per heavy atom. The maximum atomic E-state index is 12.2. The standard InChI is InChI=1S/C15H22N2O3.ClH/c1-15(2,14(19)20-3)10-17-13(18)12(9-16)11-7-5-4-6-8-11;/h4-8,12H,9-10,16H2,1-3H3,(H,17,18);1H. The number of methoxy groups -OCH3 is 1. The number of carbonyl (C=O) groups is 2. The highest BCUT2D eigenvalue weighted by molar-refractivity contribution is 5.85. The monoisotopic (exact) mass is 314 g/mol. The van der Waals surface area contributed by atoms with Crippen LogP contribution in [-0.2, 0) is 14.3 Å². The van der Waals surface area contributed by atoms with Crippen LogP contribution in [0.25, 0.3) is 0 Å². The first kappa shape index (κ1) is 19.4. The van der Waals surface area contributed by atoms with Gasteiger partial charge in [0.1, 0.15) is 0 Å².